The first kappa shape index (κ1) is 13.3. The van der Waals surface area contributed by atoms with Crippen LogP contribution in [0.3, 0.4) is 0 Å². The molecule has 0 unspecified atom stereocenters. The second-order valence-corrected chi connectivity index (χ2v) is 4.83. The zero-order chi connectivity index (χ0) is 12.8. The van der Waals surface area contributed by atoms with Gasteiger partial charge in [-0.2, -0.15) is 0 Å². The van der Waals surface area contributed by atoms with Gasteiger partial charge in [0.2, 0.25) is 0 Å². The summed E-state index contributed by atoms with van der Waals surface area (Å²) in [5, 5.41) is 0. The number of anilines is 1. The summed E-state index contributed by atoms with van der Waals surface area (Å²) in [5.74, 6) is 6.96. The predicted octanol–water partition coefficient (Wildman–Crippen LogP) is 1.23. The number of piperidine rings is 1. The number of methoxy groups -OCH3 is 1. The van der Waals surface area contributed by atoms with Gasteiger partial charge in [0.25, 0.3) is 0 Å². The van der Waals surface area contributed by atoms with E-state index in [0.717, 1.165) is 37.6 Å². The molecule has 0 saturated carbocycles. The molecule has 1 aliphatic heterocycles. The fraction of sp³-hybridized carbons (Fsp3) is 0.615. The Hall–Kier alpha value is -1.17. The van der Waals surface area contributed by atoms with E-state index in [0.29, 0.717) is 5.92 Å². The molecule has 0 atom stereocenters. The van der Waals surface area contributed by atoms with Crippen molar-refractivity contribution in [3.8, 4) is 0 Å². The molecule has 0 bridgehead atoms. The minimum atomic E-state index is 0.715. The van der Waals surface area contributed by atoms with Gasteiger partial charge in [-0.05, 0) is 37.9 Å². The highest BCUT2D eigenvalue weighted by Crippen LogP contribution is 2.20. The topological polar surface area (TPSA) is 63.4 Å². The summed E-state index contributed by atoms with van der Waals surface area (Å²) in [6.45, 7) is 4.03. The van der Waals surface area contributed by atoms with Crippen LogP contribution in [0, 0.1) is 5.92 Å². The summed E-state index contributed by atoms with van der Waals surface area (Å²) in [7, 11) is 1.78. The average Bonchev–Trinajstić information content (AvgIpc) is 2.42. The fourth-order valence-corrected chi connectivity index (χ4v) is 2.48. The second-order valence-electron chi connectivity index (χ2n) is 4.83. The smallest absolute Gasteiger partial charge is 0.144 e. The quantitative estimate of drug-likeness (QED) is 0.608. The summed E-state index contributed by atoms with van der Waals surface area (Å²) in [5.41, 5.74) is 3.81. The molecule has 5 heteroatoms. The zero-order valence-corrected chi connectivity index (χ0v) is 10.9. The molecule has 1 aromatic rings. The van der Waals surface area contributed by atoms with Crippen LogP contribution in [0.2, 0.25) is 0 Å². The van der Waals surface area contributed by atoms with Crippen LogP contribution in [-0.4, -0.2) is 36.7 Å². The summed E-state index contributed by atoms with van der Waals surface area (Å²) in [6.07, 6.45) is 4.17. The SMILES string of the molecule is COCC1CCN(Cc2cccnc2NN)CC1. The summed E-state index contributed by atoms with van der Waals surface area (Å²) in [6, 6.07) is 4.03. The Bertz CT molecular complexity index is 364. The maximum absolute atomic E-state index is 5.47. The number of nitrogen functional groups attached to an aromatic ring is 1. The largest absolute Gasteiger partial charge is 0.384 e. The molecule has 3 N–H and O–H groups in total. The predicted molar refractivity (Wildman–Crippen MR) is 71.9 cm³/mol. The minimum Gasteiger partial charge on any atom is -0.384 e. The molecule has 100 valence electrons. The third kappa shape index (κ3) is 3.41. The molecule has 18 heavy (non-hydrogen) atoms. The molecular formula is C13H22N4O. The number of likely N-dealkylation sites (tertiary alicyclic amines) is 1. The Balaban J connectivity index is 1.87. The Morgan fingerprint density at radius 1 is 1.50 bits per heavy atom. The minimum absolute atomic E-state index is 0.715. The maximum atomic E-state index is 5.47. The second kappa shape index (κ2) is 6.68. The molecule has 2 heterocycles. The Morgan fingerprint density at radius 2 is 2.28 bits per heavy atom. The number of nitrogens with one attached hydrogen (secondary N) is 1. The van der Waals surface area contributed by atoms with E-state index in [9.17, 15) is 0 Å². The molecule has 5 nitrogen and oxygen atoms in total. The van der Waals surface area contributed by atoms with Crippen molar-refractivity contribution < 1.29 is 4.74 Å². The van der Waals surface area contributed by atoms with Gasteiger partial charge in [-0.1, -0.05) is 6.07 Å². The number of hydrazine groups is 1. The van der Waals surface area contributed by atoms with Crippen LogP contribution in [0.1, 0.15) is 18.4 Å². The fourth-order valence-electron chi connectivity index (χ4n) is 2.48. The van der Waals surface area contributed by atoms with E-state index in [4.69, 9.17) is 10.6 Å². The van der Waals surface area contributed by atoms with Crippen LogP contribution in [0.5, 0.6) is 0 Å². The number of nitrogens with two attached hydrogens (primary N) is 1. The molecule has 1 aromatic heterocycles. The molecule has 0 spiro atoms. The van der Waals surface area contributed by atoms with Crippen molar-refractivity contribution in [3.05, 3.63) is 23.9 Å². The van der Waals surface area contributed by atoms with E-state index in [1.54, 1.807) is 13.3 Å². The van der Waals surface area contributed by atoms with Gasteiger partial charge in [-0.15, -0.1) is 0 Å². The molecule has 0 amide bonds. The van der Waals surface area contributed by atoms with Gasteiger partial charge in [0.15, 0.2) is 0 Å². The molecule has 1 fully saturated rings. The maximum Gasteiger partial charge on any atom is 0.144 e. The van der Waals surface area contributed by atoms with Gasteiger partial charge in [-0.25, -0.2) is 10.8 Å². The first-order valence-corrected chi connectivity index (χ1v) is 6.45. The highest BCUT2D eigenvalue weighted by Gasteiger charge is 2.19. The summed E-state index contributed by atoms with van der Waals surface area (Å²) < 4.78 is 5.22. The van der Waals surface area contributed by atoms with Crippen LogP contribution in [-0.2, 0) is 11.3 Å². The number of hydrogen-bond donors (Lipinski definition) is 2. The standard InChI is InChI=1S/C13H22N4O/c1-18-10-11-4-7-17(8-5-11)9-12-3-2-6-15-13(12)16-14/h2-3,6,11H,4-5,7-10,14H2,1H3,(H,15,16). The van der Waals surface area contributed by atoms with Crippen LogP contribution >= 0.6 is 0 Å². The molecule has 1 saturated heterocycles. The van der Waals surface area contributed by atoms with E-state index in [2.05, 4.69) is 21.4 Å². The van der Waals surface area contributed by atoms with Crippen molar-refractivity contribution in [1.29, 1.82) is 0 Å². The summed E-state index contributed by atoms with van der Waals surface area (Å²) in [4.78, 5) is 6.67. The number of pyridine rings is 1. The number of ether oxygens (including phenoxy) is 1. The lowest BCUT2D eigenvalue weighted by Gasteiger charge is -2.31. The van der Waals surface area contributed by atoms with E-state index in [1.165, 1.54) is 12.8 Å². The zero-order valence-electron chi connectivity index (χ0n) is 10.9. The molecule has 0 radical (unpaired) electrons. The Labute approximate surface area is 108 Å². The molecule has 2 rings (SSSR count). The normalized spacial score (nSPS) is 17.9. The average molecular weight is 250 g/mol. The number of aromatic nitrogens is 1. The van der Waals surface area contributed by atoms with Crippen LogP contribution in [0.4, 0.5) is 5.82 Å². The number of rotatable bonds is 5. The van der Waals surface area contributed by atoms with Gasteiger partial charge >= 0.3 is 0 Å². The Morgan fingerprint density at radius 3 is 2.94 bits per heavy atom. The lowest BCUT2D eigenvalue weighted by atomic mass is 9.97. The Kier molecular flexibility index (Phi) is 4.92. The van der Waals surface area contributed by atoms with Crippen molar-refractivity contribution >= 4 is 5.82 Å². The third-order valence-electron chi connectivity index (χ3n) is 3.53. The third-order valence-corrected chi connectivity index (χ3v) is 3.53. The molecular weight excluding hydrogens is 228 g/mol. The lowest BCUT2D eigenvalue weighted by Crippen LogP contribution is -2.34. The lowest BCUT2D eigenvalue weighted by molar-refractivity contribution is 0.0968. The highest BCUT2D eigenvalue weighted by molar-refractivity contribution is 5.42. The molecule has 0 aromatic carbocycles. The van der Waals surface area contributed by atoms with Gasteiger partial charge in [0.05, 0.1) is 0 Å². The first-order valence-electron chi connectivity index (χ1n) is 6.45. The number of nitrogens with zero attached hydrogens (tertiary/aromatic N) is 2. The van der Waals surface area contributed by atoms with Gasteiger partial charge in [-0.3, -0.25) is 4.90 Å². The van der Waals surface area contributed by atoms with Gasteiger partial charge in [0.1, 0.15) is 5.82 Å². The monoisotopic (exact) mass is 250 g/mol. The van der Waals surface area contributed by atoms with Crippen LogP contribution < -0.4 is 11.3 Å². The van der Waals surface area contributed by atoms with Gasteiger partial charge < -0.3 is 10.2 Å². The first-order chi connectivity index (χ1) is 8.83. The van der Waals surface area contributed by atoms with E-state index in [-0.39, 0.29) is 0 Å². The van der Waals surface area contributed by atoms with E-state index < -0.39 is 0 Å². The number of hydrogen-bond acceptors (Lipinski definition) is 5. The van der Waals surface area contributed by atoms with Crippen LogP contribution in [0.15, 0.2) is 18.3 Å². The van der Waals surface area contributed by atoms with Crippen molar-refractivity contribution in [1.82, 2.24) is 9.88 Å². The highest BCUT2D eigenvalue weighted by atomic mass is 16.5. The van der Waals surface area contributed by atoms with E-state index >= 15 is 0 Å². The van der Waals surface area contributed by atoms with Crippen molar-refractivity contribution in [2.24, 2.45) is 11.8 Å². The molecule has 0 aliphatic carbocycles. The van der Waals surface area contributed by atoms with Crippen molar-refractivity contribution in [2.45, 2.75) is 19.4 Å². The van der Waals surface area contributed by atoms with Crippen LogP contribution in [0.25, 0.3) is 0 Å². The van der Waals surface area contributed by atoms with Gasteiger partial charge in [0, 0.05) is 32.0 Å². The molecule has 1 aliphatic rings. The van der Waals surface area contributed by atoms with E-state index in [1.807, 2.05) is 6.07 Å². The van der Waals surface area contributed by atoms with Crippen molar-refractivity contribution in [2.75, 3.05) is 32.2 Å². The summed E-state index contributed by atoms with van der Waals surface area (Å²) >= 11 is 0. The van der Waals surface area contributed by atoms with Crippen molar-refractivity contribution in [3.63, 3.8) is 0 Å².